The van der Waals surface area contributed by atoms with Gasteiger partial charge >= 0.3 is 0 Å². The lowest BCUT2D eigenvalue weighted by molar-refractivity contribution is 0.112. The molecule has 4 rings (SSSR count). The molecule has 0 radical (unpaired) electrons. The molecule has 0 atom stereocenters. The van der Waals surface area contributed by atoms with Crippen LogP contribution in [0.25, 0.3) is 16.7 Å². The minimum absolute atomic E-state index is 0.0401. The van der Waals surface area contributed by atoms with Crippen LogP contribution in [0.15, 0.2) is 29.2 Å². The third-order valence-corrected chi connectivity index (χ3v) is 6.06. The van der Waals surface area contributed by atoms with Gasteiger partial charge in [-0.15, -0.1) is 0 Å². The van der Waals surface area contributed by atoms with Gasteiger partial charge < -0.3 is 9.55 Å². The lowest BCUT2D eigenvalue weighted by Gasteiger charge is -2.11. The molecule has 7 nitrogen and oxygen atoms in total. The Morgan fingerprint density at radius 3 is 2.58 bits per heavy atom. The first-order valence-corrected chi connectivity index (χ1v) is 10.6. The van der Waals surface area contributed by atoms with Crippen LogP contribution in [0.2, 0.25) is 15.1 Å². The number of halogens is 3. The largest absolute Gasteiger partial charge is 0.354 e. The third-order valence-electron chi connectivity index (χ3n) is 5.07. The summed E-state index contributed by atoms with van der Waals surface area (Å²) in [5.74, 6) is 0.397. The van der Waals surface area contributed by atoms with Crippen LogP contribution in [0, 0.1) is 0 Å². The smallest absolute Gasteiger partial charge is 0.262 e. The number of rotatable bonds is 5. The van der Waals surface area contributed by atoms with Crippen molar-refractivity contribution < 1.29 is 4.79 Å². The number of benzene rings is 1. The fraction of sp³-hybridized carbons (Fsp3) is 0.238. The highest BCUT2D eigenvalue weighted by Gasteiger charge is 2.24. The zero-order valence-electron chi connectivity index (χ0n) is 16.9. The average molecular weight is 479 g/mol. The lowest BCUT2D eigenvalue weighted by atomic mass is 10.1. The molecule has 0 saturated carbocycles. The summed E-state index contributed by atoms with van der Waals surface area (Å²) < 4.78 is 3.37. The molecule has 160 valence electrons. The molecule has 0 spiro atoms. The van der Waals surface area contributed by atoms with Crippen molar-refractivity contribution in [1.29, 1.82) is 0 Å². The van der Waals surface area contributed by atoms with Crippen molar-refractivity contribution in [3.05, 3.63) is 72.6 Å². The summed E-state index contributed by atoms with van der Waals surface area (Å²) in [6.07, 6.45) is 2.89. The molecule has 1 N–H and O–H groups in total. The molecule has 0 bridgehead atoms. The predicted octanol–water partition coefficient (Wildman–Crippen LogP) is 4.93. The van der Waals surface area contributed by atoms with Crippen LogP contribution < -0.4 is 5.56 Å². The molecule has 0 aliphatic heterocycles. The number of nitrogens with zero attached hydrogens (tertiary/aromatic N) is 4. The van der Waals surface area contributed by atoms with E-state index < -0.39 is 0 Å². The van der Waals surface area contributed by atoms with Gasteiger partial charge in [0.2, 0.25) is 0 Å². The number of aldehydes is 1. The van der Waals surface area contributed by atoms with E-state index in [0.717, 1.165) is 5.69 Å². The summed E-state index contributed by atoms with van der Waals surface area (Å²) in [5.41, 5.74) is 1.86. The molecular formula is C21H18Cl3N5O2. The molecule has 0 amide bonds. The molecule has 0 aliphatic rings. The number of nitrogens with one attached hydrogen (secondary N) is 1. The number of aryl methyl sites for hydroxylation is 1. The molecule has 0 saturated heterocycles. The Balaban J connectivity index is 2.03. The van der Waals surface area contributed by atoms with E-state index in [4.69, 9.17) is 34.8 Å². The molecule has 3 aromatic heterocycles. The Bertz CT molecular complexity index is 1380. The molecule has 10 heteroatoms. The van der Waals surface area contributed by atoms with Gasteiger partial charge in [0.1, 0.15) is 16.9 Å². The van der Waals surface area contributed by atoms with Crippen LogP contribution in [0.4, 0.5) is 0 Å². The Hall–Kier alpha value is -2.61. The first-order chi connectivity index (χ1) is 14.7. The van der Waals surface area contributed by atoms with E-state index in [2.05, 4.69) is 15.1 Å². The van der Waals surface area contributed by atoms with Gasteiger partial charge in [0, 0.05) is 25.4 Å². The van der Waals surface area contributed by atoms with Crippen molar-refractivity contribution in [3.8, 4) is 5.69 Å². The van der Waals surface area contributed by atoms with Gasteiger partial charge in [-0.25, -0.2) is 9.67 Å². The first kappa shape index (κ1) is 21.6. The number of aromatic nitrogens is 5. The van der Waals surface area contributed by atoms with Gasteiger partial charge in [0.05, 0.1) is 26.3 Å². The second-order valence-corrected chi connectivity index (χ2v) is 8.68. The maximum absolute atomic E-state index is 13.0. The minimum Gasteiger partial charge on any atom is -0.354 e. The highest BCUT2D eigenvalue weighted by molar-refractivity contribution is 6.43. The minimum atomic E-state index is -0.305. The van der Waals surface area contributed by atoms with Crippen molar-refractivity contribution >= 4 is 52.1 Å². The first-order valence-electron chi connectivity index (χ1n) is 9.48. The third kappa shape index (κ3) is 3.67. The molecule has 0 unspecified atom stereocenters. The van der Waals surface area contributed by atoms with E-state index in [1.54, 1.807) is 0 Å². The van der Waals surface area contributed by atoms with Crippen molar-refractivity contribution in [1.82, 2.24) is 24.3 Å². The molecule has 3 heterocycles. The Kier molecular flexibility index (Phi) is 5.68. The standard InChI is InChI=1S/C21H18Cl3N5O2/c1-10(2)18-16-20(25-15(26-21(16)31)7-11-5-4-6-28(11)3)29(27-18)19-14(23)8-13(22)12(9-30)17(19)24/h4-6,8-10H,7H2,1-3H3,(H,25,26,31). The zero-order valence-corrected chi connectivity index (χ0v) is 19.2. The topological polar surface area (TPSA) is 85.6 Å². The molecule has 0 fully saturated rings. The number of aromatic amines is 1. The van der Waals surface area contributed by atoms with Crippen LogP contribution in [0.3, 0.4) is 0 Å². The summed E-state index contributed by atoms with van der Waals surface area (Å²) in [7, 11) is 1.92. The average Bonchev–Trinajstić information content (AvgIpc) is 3.26. The van der Waals surface area contributed by atoms with Gasteiger partial charge in [-0.2, -0.15) is 5.10 Å². The maximum atomic E-state index is 13.0. The molecular weight excluding hydrogens is 461 g/mol. The fourth-order valence-electron chi connectivity index (χ4n) is 3.49. The van der Waals surface area contributed by atoms with Crippen molar-refractivity contribution in [2.75, 3.05) is 0 Å². The van der Waals surface area contributed by atoms with Crippen LogP contribution in [-0.2, 0) is 13.5 Å². The summed E-state index contributed by atoms with van der Waals surface area (Å²) in [5, 5.41) is 5.31. The normalized spacial score (nSPS) is 11.6. The SMILES string of the molecule is CC(C)c1nn(-c2c(Cl)cc(Cl)c(C=O)c2Cl)c2nc(Cc3cccn3C)[nH]c(=O)c12. The summed E-state index contributed by atoms with van der Waals surface area (Å²) in [6.45, 7) is 3.84. The van der Waals surface area contributed by atoms with E-state index in [1.807, 2.05) is 43.8 Å². The van der Waals surface area contributed by atoms with Gasteiger partial charge in [0.15, 0.2) is 11.9 Å². The summed E-state index contributed by atoms with van der Waals surface area (Å²) >= 11 is 19.0. The summed E-state index contributed by atoms with van der Waals surface area (Å²) in [6, 6.07) is 5.29. The van der Waals surface area contributed by atoms with Crippen LogP contribution in [0.5, 0.6) is 0 Å². The predicted molar refractivity (Wildman–Crippen MR) is 122 cm³/mol. The van der Waals surface area contributed by atoms with E-state index in [0.29, 0.717) is 35.3 Å². The maximum Gasteiger partial charge on any atom is 0.262 e. The van der Waals surface area contributed by atoms with Crippen LogP contribution in [0.1, 0.15) is 47.3 Å². The Morgan fingerprint density at radius 1 is 1.23 bits per heavy atom. The number of H-pyrrole nitrogens is 1. The van der Waals surface area contributed by atoms with Crippen molar-refractivity contribution in [2.45, 2.75) is 26.2 Å². The molecule has 4 aromatic rings. The van der Waals surface area contributed by atoms with E-state index in [9.17, 15) is 9.59 Å². The molecule has 31 heavy (non-hydrogen) atoms. The van der Waals surface area contributed by atoms with Gasteiger partial charge in [-0.1, -0.05) is 48.7 Å². The number of carbonyl (C=O) groups excluding carboxylic acids is 1. The van der Waals surface area contributed by atoms with Crippen LogP contribution >= 0.6 is 34.8 Å². The second-order valence-electron chi connectivity index (χ2n) is 7.48. The molecule has 0 aliphatic carbocycles. The van der Waals surface area contributed by atoms with E-state index in [1.165, 1.54) is 10.7 Å². The quantitative estimate of drug-likeness (QED) is 0.412. The van der Waals surface area contributed by atoms with Gasteiger partial charge in [-0.3, -0.25) is 9.59 Å². The highest BCUT2D eigenvalue weighted by Crippen LogP contribution is 2.37. The summed E-state index contributed by atoms with van der Waals surface area (Å²) in [4.78, 5) is 32.1. The van der Waals surface area contributed by atoms with E-state index >= 15 is 0 Å². The zero-order chi connectivity index (χ0) is 22.4. The Labute approximate surface area is 192 Å². The number of carbonyl (C=O) groups is 1. The highest BCUT2D eigenvalue weighted by atomic mass is 35.5. The Morgan fingerprint density at radius 2 is 1.97 bits per heavy atom. The van der Waals surface area contributed by atoms with Crippen LogP contribution in [-0.4, -0.2) is 30.6 Å². The van der Waals surface area contributed by atoms with Gasteiger partial charge in [-0.05, 0) is 24.1 Å². The lowest BCUT2D eigenvalue weighted by Crippen LogP contribution is -2.14. The fourth-order valence-corrected chi connectivity index (χ4v) is 4.50. The van der Waals surface area contributed by atoms with Gasteiger partial charge in [0.25, 0.3) is 5.56 Å². The number of hydrogen-bond donors (Lipinski definition) is 1. The second kappa shape index (κ2) is 8.15. The number of fused-ring (bicyclic) bond motifs is 1. The van der Waals surface area contributed by atoms with Crippen molar-refractivity contribution in [2.24, 2.45) is 7.05 Å². The molecule has 1 aromatic carbocycles. The number of hydrogen-bond acceptors (Lipinski definition) is 4. The van der Waals surface area contributed by atoms with E-state index in [-0.39, 0.29) is 37.8 Å². The monoisotopic (exact) mass is 477 g/mol. The van der Waals surface area contributed by atoms with Crippen molar-refractivity contribution in [3.63, 3.8) is 0 Å².